The normalized spacial score (nSPS) is 11.5. The highest BCUT2D eigenvalue weighted by atomic mass is 16.3. The number of carbonyl (C=O) groups excluding carboxylic acids is 2. The third-order valence-corrected chi connectivity index (χ3v) is 3.49. The van der Waals surface area contributed by atoms with Crippen LogP contribution in [0.3, 0.4) is 0 Å². The lowest BCUT2D eigenvalue weighted by molar-refractivity contribution is -0.123. The third kappa shape index (κ3) is 6.10. The van der Waals surface area contributed by atoms with Crippen molar-refractivity contribution in [1.29, 1.82) is 0 Å². The van der Waals surface area contributed by atoms with Gasteiger partial charge in [0.05, 0.1) is 18.5 Å². The molecule has 2 amide bonds. The molecule has 25 heavy (non-hydrogen) atoms. The van der Waals surface area contributed by atoms with Crippen LogP contribution in [0.2, 0.25) is 0 Å². The molecule has 0 aliphatic rings. The third-order valence-electron chi connectivity index (χ3n) is 3.49. The summed E-state index contributed by atoms with van der Waals surface area (Å²) >= 11 is 0. The zero-order valence-electron chi connectivity index (χ0n) is 14.3. The Morgan fingerprint density at radius 3 is 2.60 bits per heavy atom. The first-order valence-corrected chi connectivity index (χ1v) is 8.00. The average molecular weight is 339 g/mol. The van der Waals surface area contributed by atoms with Gasteiger partial charge >= 0.3 is 0 Å². The number of rotatable bonds is 7. The van der Waals surface area contributed by atoms with E-state index >= 15 is 0 Å². The molecule has 0 fully saturated rings. The van der Waals surface area contributed by atoms with Crippen molar-refractivity contribution >= 4 is 23.6 Å². The Bertz CT molecular complexity index is 760. The quantitative estimate of drug-likeness (QED) is 0.462. The molecule has 0 bridgehead atoms. The fourth-order valence-corrected chi connectivity index (χ4v) is 2.00. The van der Waals surface area contributed by atoms with Crippen LogP contribution >= 0.6 is 0 Å². The molecular formula is C19H21N3O3. The second-order valence-electron chi connectivity index (χ2n) is 5.35. The van der Waals surface area contributed by atoms with Crippen LogP contribution in [-0.4, -0.2) is 24.1 Å². The van der Waals surface area contributed by atoms with E-state index in [2.05, 4.69) is 22.8 Å². The maximum absolute atomic E-state index is 11.7. The Morgan fingerprint density at radius 1 is 1.20 bits per heavy atom. The van der Waals surface area contributed by atoms with Crippen molar-refractivity contribution in [3.63, 3.8) is 0 Å². The van der Waals surface area contributed by atoms with Gasteiger partial charge in [0.2, 0.25) is 5.91 Å². The molecule has 1 heterocycles. The van der Waals surface area contributed by atoms with Crippen molar-refractivity contribution in [2.45, 2.75) is 20.3 Å². The summed E-state index contributed by atoms with van der Waals surface area (Å²) in [6, 6.07) is 11.4. The van der Waals surface area contributed by atoms with Gasteiger partial charge in [0.1, 0.15) is 5.76 Å². The number of carbonyl (C=O) groups is 2. The molecule has 2 rings (SSSR count). The number of aryl methyl sites for hydroxylation is 1. The molecule has 1 aromatic heterocycles. The van der Waals surface area contributed by atoms with Crippen LogP contribution in [0, 0.1) is 0 Å². The lowest BCUT2D eigenvalue weighted by atomic mass is 10.1. The fourth-order valence-electron chi connectivity index (χ4n) is 2.00. The van der Waals surface area contributed by atoms with Crippen LogP contribution in [0.5, 0.6) is 0 Å². The largest absolute Gasteiger partial charge is 0.465 e. The predicted molar refractivity (Wildman–Crippen MR) is 96.9 cm³/mol. The van der Waals surface area contributed by atoms with E-state index in [4.69, 9.17) is 4.42 Å². The summed E-state index contributed by atoms with van der Waals surface area (Å²) in [4.78, 5) is 23.3. The highest BCUT2D eigenvalue weighted by Gasteiger charge is 2.03. The SMILES string of the molecule is CCc1ccc(C(C)=NNC(=O)CNC(=O)/C=C/c2ccco2)cc1. The van der Waals surface area contributed by atoms with Gasteiger partial charge in [-0.1, -0.05) is 31.2 Å². The van der Waals surface area contributed by atoms with Gasteiger partial charge in [-0.15, -0.1) is 0 Å². The van der Waals surface area contributed by atoms with Gasteiger partial charge < -0.3 is 9.73 Å². The first-order chi connectivity index (χ1) is 12.1. The first kappa shape index (κ1) is 18.2. The van der Waals surface area contributed by atoms with Crippen LogP contribution in [0.1, 0.15) is 30.7 Å². The molecule has 6 heteroatoms. The number of nitrogens with one attached hydrogen (secondary N) is 2. The Kier molecular flexibility index (Phi) is 6.71. The molecule has 0 saturated carbocycles. The maximum Gasteiger partial charge on any atom is 0.259 e. The highest BCUT2D eigenvalue weighted by molar-refractivity contribution is 5.99. The summed E-state index contributed by atoms with van der Waals surface area (Å²) < 4.78 is 5.07. The molecule has 2 N–H and O–H groups in total. The Balaban J connectivity index is 1.78. The zero-order valence-corrected chi connectivity index (χ0v) is 14.3. The molecule has 2 aromatic rings. The minimum absolute atomic E-state index is 0.160. The second kappa shape index (κ2) is 9.22. The highest BCUT2D eigenvalue weighted by Crippen LogP contribution is 2.06. The summed E-state index contributed by atoms with van der Waals surface area (Å²) in [6.45, 7) is 3.74. The average Bonchev–Trinajstić information content (AvgIpc) is 3.16. The van der Waals surface area contributed by atoms with Crippen molar-refractivity contribution in [1.82, 2.24) is 10.7 Å². The van der Waals surface area contributed by atoms with Crippen LogP contribution in [0.25, 0.3) is 6.08 Å². The molecule has 0 spiro atoms. The monoisotopic (exact) mass is 339 g/mol. The second-order valence-corrected chi connectivity index (χ2v) is 5.35. The number of nitrogens with zero attached hydrogens (tertiary/aromatic N) is 1. The molecule has 0 radical (unpaired) electrons. The summed E-state index contributed by atoms with van der Waals surface area (Å²) in [7, 11) is 0. The van der Waals surface area contributed by atoms with Gasteiger partial charge in [0, 0.05) is 6.08 Å². The van der Waals surface area contributed by atoms with Crippen LogP contribution in [-0.2, 0) is 16.0 Å². The van der Waals surface area contributed by atoms with E-state index in [1.54, 1.807) is 12.1 Å². The maximum atomic E-state index is 11.7. The van der Waals surface area contributed by atoms with E-state index in [9.17, 15) is 9.59 Å². The Labute approximate surface area is 146 Å². The molecule has 0 unspecified atom stereocenters. The van der Waals surface area contributed by atoms with Gasteiger partial charge in [0.25, 0.3) is 5.91 Å². The molecule has 0 atom stereocenters. The first-order valence-electron chi connectivity index (χ1n) is 8.00. The van der Waals surface area contributed by atoms with E-state index in [0.717, 1.165) is 12.0 Å². The predicted octanol–water partition coefficient (Wildman–Crippen LogP) is 2.51. The topological polar surface area (TPSA) is 83.7 Å². The summed E-state index contributed by atoms with van der Waals surface area (Å²) in [5.74, 6) is -0.222. The van der Waals surface area contributed by atoms with Crippen molar-refractivity contribution in [3.8, 4) is 0 Å². The van der Waals surface area contributed by atoms with Crippen molar-refractivity contribution in [2.75, 3.05) is 6.54 Å². The van der Waals surface area contributed by atoms with E-state index in [1.165, 1.54) is 24.0 Å². The van der Waals surface area contributed by atoms with E-state index in [1.807, 2.05) is 31.2 Å². The number of hydrogen-bond acceptors (Lipinski definition) is 4. The minimum Gasteiger partial charge on any atom is -0.465 e. The Morgan fingerprint density at radius 2 is 1.96 bits per heavy atom. The molecule has 130 valence electrons. The molecule has 1 aromatic carbocycles. The number of hydrogen-bond donors (Lipinski definition) is 2. The number of amides is 2. The standard InChI is InChI=1S/C19H21N3O3/c1-3-15-6-8-16(9-7-15)14(2)21-22-19(24)13-20-18(23)11-10-17-5-4-12-25-17/h4-12H,3,13H2,1-2H3,(H,20,23)(H,22,24)/b11-10+,21-14?. The molecule has 0 aliphatic carbocycles. The van der Waals surface area contributed by atoms with Crippen LogP contribution in [0.4, 0.5) is 0 Å². The summed E-state index contributed by atoms with van der Waals surface area (Å²) in [6.07, 6.45) is 5.31. The Hall–Kier alpha value is -3.15. The summed E-state index contributed by atoms with van der Waals surface area (Å²) in [5.41, 5.74) is 5.30. The van der Waals surface area contributed by atoms with Crippen LogP contribution in [0.15, 0.2) is 58.3 Å². The molecule has 0 aliphatic heterocycles. The van der Waals surface area contributed by atoms with E-state index in [-0.39, 0.29) is 12.5 Å². The van der Waals surface area contributed by atoms with Gasteiger partial charge in [0.15, 0.2) is 0 Å². The van der Waals surface area contributed by atoms with Crippen LogP contribution < -0.4 is 10.7 Å². The van der Waals surface area contributed by atoms with E-state index < -0.39 is 5.91 Å². The lowest BCUT2D eigenvalue weighted by Crippen LogP contribution is -2.34. The summed E-state index contributed by atoms with van der Waals surface area (Å²) in [5, 5.41) is 6.52. The van der Waals surface area contributed by atoms with Gasteiger partial charge in [-0.2, -0.15) is 5.10 Å². The zero-order chi connectivity index (χ0) is 18.1. The fraction of sp³-hybridized carbons (Fsp3) is 0.211. The van der Waals surface area contributed by atoms with E-state index in [0.29, 0.717) is 11.5 Å². The van der Waals surface area contributed by atoms with Gasteiger partial charge in [-0.25, -0.2) is 5.43 Å². The van der Waals surface area contributed by atoms with Gasteiger partial charge in [-0.3, -0.25) is 9.59 Å². The van der Waals surface area contributed by atoms with Crippen molar-refractivity contribution < 1.29 is 14.0 Å². The number of benzene rings is 1. The van der Waals surface area contributed by atoms with Crippen molar-refractivity contribution in [2.24, 2.45) is 5.10 Å². The van der Waals surface area contributed by atoms with Gasteiger partial charge in [-0.05, 0) is 42.7 Å². The lowest BCUT2D eigenvalue weighted by Gasteiger charge is -2.04. The smallest absolute Gasteiger partial charge is 0.259 e. The number of furan rings is 1. The molecule has 0 saturated heterocycles. The number of hydrazone groups is 1. The van der Waals surface area contributed by atoms with Crippen molar-refractivity contribution in [3.05, 3.63) is 65.6 Å². The molecular weight excluding hydrogens is 318 g/mol. The minimum atomic E-state index is -0.399. The molecule has 6 nitrogen and oxygen atoms in total.